The molecule has 1 saturated heterocycles. The highest BCUT2D eigenvalue weighted by Crippen LogP contribution is 2.24. The van der Waals surface area contributed by atoms with Gasteiger partial charge >= 0.3 is 10.2 Å². The smallest absolute Gasteiger partial charge is 0.304 e. The molecule has 1 heterocycles. The van der Waals surface area contributed by atoms with Crippen LogP contribution in [-0.4, -0.2) is 55.2 Å². The molecule has 1 aliphatic rings. The van der Waals surface area contributed by atoms with Gasteiger partial charge in [-0.25, -0.2) is 4.31 Å². The fraction of sp³-hybridized carbons (Fsp3) is 0.818. The minimum absolute atomic E-state index is 0.282. The summed E-state index contributed by atoms with van der Waals surface area (Å²) >= 11 is 0. The Labute approximate surface area is 105 Å². The maximum atomic E-state index is 12.2. The summed E-state index contributed by atoms with van der Waals surface area (Å²) in [6.07, 6.45) is 0. The molecule has 0 aromatic carbocycles. The minimum Gasteiger partial charge on any atom is -0.354 e. The third kappa shape index (κ3) is 2.57. The van der Waals surface area contributed by atoms with Gasteiger partial charge in [0.15, 0.2) is 0 Å². The Morgan fingerprint density at radius 3 is 2.12 bits per heavy atom. The van der Waals surface area contributed by atoms with E-state index in [1.165, 1.54) is 8.61 Å². The first-order valence-corrected chi connectivity index (χ1v) is 7.23. The molecule has 6 heteroatoms. The van der Waals surface area contributed by atoms with Crippen LogP contribution in [0, 0.1) is 0 Å². The summed E-state index contributed by atoms with van der Waals surface area (Å²) in [5.41, 5.74) is 1.01. The van der Waals surface area contributed by atoms with Gasteiger partial charge in [-0.15, -0.1) is 0 Å². The molecular formula is C11H23N3O2S. The van der Waals surface area contributed by atoms with Crippen LogP contribution in [0.25, 0.3) is 0 Å². The van der Waals surface area contributed by atoms with Crippen LogP contribution in [0.4, 0.5) is 0 Å². The van der Waals surface area contributed by atoms with Crippen molar-refractivity contribution in [1.29, 1.82) is 0 Å². The molecule has 100 valence electrons. The second-order valence-electron chi connectivity index (χ2n) is 4.91. The van der Waals surface area contributed by atoms with Gasteiger partial charge < -0.3 is 4.90 Å². The standard InChI is InChI=1S/C11H23N3O2S/c1-9(2)11-13(6)17(15,16)12(5)7-8-14(11)10(3)4/h10H,7-8H2,1-6H3. The van der Waals surface area contributed by atoms with Gasteiger partial charge in [0.2, 0.25) is 0 Å². The third-order valence-electron chi connectivity index (χ3n) is 3.04. The van der Waals surface area contributed by atoms with Gasteiger partial charge in [0, 0.05) is 33.2 Å². The predicted molar refractivity (Wildman–Crippen MR) is 69.5 cm³/mol. The van der Waals surface area contributed by atoms with Gasteiger partial charge in [-0.3, -0.25) is 0 Å². The van der Waals surface area contributed by atoms with Crippen molar-refractivity contribution in [2.24, 2.45) is 0 Å². The summed E-state index contributed by atoms with van der Waals surface area (Å²) in [6.45, 7) is 9.29. The molecule has 0 saturated carbocycles. The molecule has 1 aliphatic heterocycles. The summed E-state index contributed by atoms with van der Waals surface area (Å²) in [4.78, 5) is 2.14. The van der Waals surface area contributed by atoms with E-state index in [0.717, 1.165) is 17.9 Å². The topological polar surface area (TPSA) is 43.9 Å². The molecule has 0 spiro atoms. The van der Waals surface area contributed by atoms with Crippen LogP contribution in [-0.2, 0) is 10.2 Å². The van der Waals surface area contributed by atoms with Crippen LogP contribution in [0.2, 0.25) is 0 Å². The number of rotatable bonds is 1. The van der Waals surface area contributed by atoms with E-state index in [-0.39, 0.29) is 6.04 Å². The summed E-state index contributed by atoms with van der Waals surface area (Å²) in [7, 11) is -0.127. The molecule has 0 N–H and O–H groups in total. The average molecular weight is 261 g/mol. The maximum absolute atomic E-state index is 12.2. The average Bonchev–Trinajstić information content (AvgIpc) is 2.28. The van der Waals surface area contributed by atoms with Crippen molar-refractivity contribution >= 4 is 10.2 Å². The Bertz CT molecular complexity index is 410. The van der Waals surface area contributed by atoms with E-state index >= 15 is 0 Å². The van der Waals surface area contributed by atoms with E-state index in [0.29, 0.717) is 6.54 Å². The van der Waals surface area contributed by atoms with Crippen LogP contribution in [0.1, 0.15) is 27.7 Å². The molecule has 0 radical (unpaired) electrons. The number of nitrogens with zero attached hydrogens (tertiary/aromatic N) is 3. The van der Waals surface area contributed by atoms with E-state index in [4.69, 9.17) is 0 Å². The van der Waals surface area contributed by atoms with Crippen LogP contribution < -0.4 is 0 Å². The molecule has 17 heavy (non-hydrogen) atoms. The minimum atomic E-state index is -3.37. The first-order chi connectivity index (χ1) is 7.69. The van der Waals surface area contributed by atoms with Gasteiger partial charge in [0.05, 0.1) is 0 Å². The van der Waals surface area contributed by atoms with Crippen molar-refractivity contribution < 1.29 is 8.42 Å². The van der Waals surface area contributed by atoms with Gasteiger partial charge in [-0.1, -0.05) is 0 Å². The second kappa shape index (κ2) is 4.86. The molecule has 0 atom stereocenters. The van der Waals surface area contributed by atoms with Crippen LogP contribution in [0.5, 0.6) is 0 Å². The highest BCUT2D eigenvalue weighted by molar-refractivity contribution is 7.86. The van der Waals surface area contributed by atoms with Gasteiger partial charge in [0.25, 0.3) is 0 Å². The lowest BCUT2D eigenvalue weighted by Crippen LogP contribution is -2.40. The Morgan fingerprint density at radius 2 is 1.71 bits per heavy atom. The number of hydrogen-bond acceptors (Lipinski definition) is 3. The van der Waals surface area contributed by atoms with Crippen LogP contribution >= 0.6 is 0 Å². The molecule has 1 fully saturated rings. The number of hydrogen-bond donors (Lipinski definition) is 0. The fourth-order valence-corrected chi connectivity index (χ4v) is 3.31. The zero-order valence-corrected chi connectivity index (χ0v) is 12.4. The van der Waals surface area contributed by atoms with Crippen molar-refractivity contribution in [3.63, 3.8) is 0 Å². The van der Waals surface area contributed by atoms with Crippen molar-refractivity contribution in [2.75, 3.05) is 27.2 Å². The molecule has 0 aliphatic carbocycles. The van der Waals surface area contributed by atoms with Gasteiger partial charge in [-0.2, -0.15) is 12.7 Å². The summed E-state index contributed by atoms with van der Waals surface area (Å²) < 4.78 is 27.2. The molecular weight excluding hydrogens is 238 g/mol. The number of allylic oxidation sites excluding steroid dienone is 1. The Morgan fingerprint density at radius 1 is 1.18 bits per heavy atom. The SMILES string of the molecule is CC(C)=C1N(C(C)C)CCN(C)S(=O)(=O)N1C. The van der Waals surface area contributed by atoms with Gasteiger partial charge in [-0.05, 0) is 33.3 Å². The maximum Gasteiger partial charge on any atom is 0.304 e. The summed E-state index contributed by atoms with van der Waals surface area (Å²) in [5, 5.41) is 0. The molecule has 5 nitrogen and oxygen atoms in total. The Kier molecular flexibility index (Phi) is 4.09. The van der Waals surface area contributed by atoms with E-state index in [1.807, 2.05) is 13.8 Å². The Hall–Kier alpha value is -0.750. The zero-order chi connectivity index (χ0) is 13.4. The first kappa shape index (κ1) is 14.3. The van der Waals surface area contributed by atoms with Gasteiger partial charge in [0.1, 0.15) is 5.82 Å². The van der Waals surface area contributed by atoms with Crippen molar-refractivity contribution in [3.05, 3.63) is 11.4 Å². The highest BCUT2D eigenvalue weighted by atomic mass is 32.2. The molecule has 1 rings (SSSR count). The second-order valence-corrected chi connectivity index (χ2v) is 6.97. The normalized spacial score (nSPS) is 21.9. The van der Waals surface area contributed by atoms with E-state index in [1.54, 1.807) is 14.1 Å². The fourth-order valence-electron chi connectivity index (χ4n) is 2.07. The monoisotopic (exact) mass is 261 g/mol. The largest absolute Gasteiger partial charge is 0.354 e. The third-order valence-corrected chi connectivity index (χ3v) is 4.87. The zero-order valence-electron chi connectivity index (χ0n) is 11.6. The van der Waals surface area contributed by atoms with E-state index in [9.17, 15) is 8.42 Å². The summed E-state index contributed by atoms with van der Waals surface area (Å²) in [6, 6.07) is 0.282. The molecule has 0 amide bonds. The molecule has 0 bridgehead atoms. The van der Waals surface area contributed by atoms with Crippen molar-refractivity contribution in [3.8, 4) is 0 Å². The highest BCUT2D eigenvalue weighted by Gasteiger charge is 2.33. The lowest BCUT2D eigenvalue weighted by Gasteiger charge is -2.34. The van der Waals surface area contributed by atoms with E-state index < -0.39 is 10.2 Å². The molecule has 0 unspecified atom stereocenters. The van der Waals surface area contributed by atoms with Crippen LogP contribution in [0.3, 0.4) is 0 Å². The molecule has 0 aromatic heterocycles. The predicted octanol–water partition coefficient (Wildman–Crippen LogP) is 1.07. The van der Waals surface area contributed by atoms with E-state index in [2.05, 4.69) is 18.7 Å². The quantitative estimate of drug-likeness (QED) is 0.709. The lowest BCUT2D eigenvalue weighted by molar-refractivity contribution is 0.242. The van der Waals surface area contributed by atoms with Crippen molar-refractivity contribution in [1.82, 2.24) is 13.5 Å². The lowest BCUT2D eigenvalue weighted by atomic mass is 10.2. The molecule has 0 aromatic rings. The summed E-state index contributed by atoms with van der Waals surface area (Å²) in [5.74, 6) is 0.796. The number of likely N-dealkylation sites (N-methyl/N-ethyl adjacent to an activating group) is 1. The van der Waals surface area contributed by atoms with Crippen LogP contribution in [0.15, 0.2) is 11.4 Å². The van der Waals surface area contributed by atoms with Crippen molar-refractivity contribution in [2.45, 2.75) is 33.7 Å². The Balaban J connectivity index is 3.32. The first-order valence-electron chi connectivity index (χ1n) is 5.84.